The highest BCUT2D eigenvalue weighted by molar-refractivity contribution is 9.10. The molecule has 0 aliphatic carbocycles. The predicted molar refractivity (Wildman–Crippen MR) is 90.9 cm³/mol. The molecule has 2 aromatic carbocycles. The molecular weight excluding hydrogens is 341 g/mol. The Morgan fingerprint density at radius 2 is 1.41 bits per heavy atom. The molecule has 0 aliphatic heterocycles. The van der Waals surface area contributed by atoms with Gasteiger partial charge in [0.05, 0.1) is 0 Å². The van der Waals surface area contributed by atoms with Crippen LogP contribution in [0.3, 0.4) is 0 Å². The molecule has 0 atom stereocenters. The second-order valence-electron chi connectivity index (χ2n) is 5.34. The Kier molecular flexibility index (Phi) is 4.08. The smallest absolute Gasteiger partial charge is 0.207 e. The Labute approximate surface area is 138 Å². The summed E-state index contributed by atoms with van der Waals surface area (Å²) in [5.41, 5.74) is 5.54. The van der Waals surface area contributed by atoms with Crippen LogP contribution in [0.1, 0.15) is 5.69 Å². The van der Waals surface area contributed by atoms with Crippen molar-refractivity contribution in [1.29, 1.82) is 0 Å². The molecule has 3 rings (SSSR count). The Morgan fingerprint density at radius 3 is 2.05 bits per heavy atom. The molecule has 3 heteroatoms. The van der Waals surface area contributed by atoms with Crippen LogP contribution in [-0.2, 0) is 7.05 Å². The van der Waals surface area contributed by atoms with Crippen LogP contribution in [0.5, 0.6) is 0 Å². The van der Waals surface area contributed by atoms with Gasteiger partial charge in [0.2, 0.25) is 5.69 Å². The summed E-state index contributed by atoms with van der Waals surface area (Å²) in [4.78, 5) is 0. The maximum Gasteiger partial charge on any atom is 0.213 e. The molecule has 110 valence electrons. The van der Waals surface area contributed by atoms with E-state index in [1.807, 2.05) is 24.3 Å². The van der Waals surface area contributed by atoms with Gasteiger partial charge in [-0.3, -0.25) is 0 Å². The van der Waals surface area contributed by atoms with E-state index in [0.717, 1.165) is 32.6 Å². The molecule has 0 N–H and O–H groups in total. The van der Waals surface area contributed by atoms with Crippen molar-refractivity contribution in [3.63, 3.8) is 0 Å². The van der Waals surface area contributed by atoms with Crippen LogP contribution in [0.4, 0.5) is 4.39 Å². The first-order valence-corrected chi connectivity index (χ1v) is 7.86. The first kappa shape index (κ1) is 14.9. The minimum absolute atomic E-state index is 0.213. The van der Waals surface area contributed by atoms with Crippen LogP contribution >= 0.6 is 15.9 Å². The third-order valence-electron chi connectivity index (χ3n) is 3.86. The zero-order chi connectivity index (χ0) is 15.7. The zero-order valence-corrected chi connectivity index (χ0v) is 14.1. The predicted octanol–water partition coefficient (Wildman–Crippen LogP) is 5.06. The van der Waals surface area contributed by atoms with E-state index in [-0.39, 0.29) is 5.82 Å². The fraction of sp³-hybridized carbons (Fsp3) is 0.105. The highest BCUT2D eigenvalue weighted by Gasteiger charge is 2.15. The first-order chi connectivity index (χ1) is 10.5. The molecule has 0 amide bonds. The van der Waals surface area contributed by atoms with Crippen molar-refractivity contribution in [2.75, 3.05) is 0 Å². The number of halogens is 2. The van der Waals surface area contributed by atoms with Gasteiger partial charge in [0, 0.05) is 29.1 Å². The highest BCUT2D eigenvalue weighted by Crippen LogP contribution is 2.26. The summed E-state index contributed by atoms with van der Waals surface area (Å²) in [6, 6.07) is 19.1. The molecule has 0 aliphatic rings. The first-order valence-electron chi connectivity index (χ1n) is 7.07. The zero-order valence-electron chi connectivity index (χ0n) is 12.5. The Morgan fingerprint density at radius 1 is 0.818 bits per heavy atom. The van der Waals surface area contributed by atoms with Gasteiger partial charge in [0.15, 0.2) is 5.69 Å². The average Bonchev–Trinajstić information content (AvgIpc) is 2.52. The van der Waals surface area contributed by atoms with Crippen LogP contribution in [0.25, 0.3) is 22.4 Å². The van der Waals surface area contributed by atoms with E-state index in [4.69, 9.17) is 0 Å². The summed E-state index contributed by atoms with van der Waals surface area (Å²) in [5, 5.41) is 0. The average molecular weight is 357 g/mol. The van der Waals surface area contributed by atoms with E-state index in [0.29, 0.717) is 0 Å². The molecule has 1 aromatic heterocycles. The van der Waals surface area contributed by atoms with Crippen molar-refractivity contribution >= 4 is 15.9 Å². The standard InChI is InChI=1S/C19H16BrFN/c1-13-11-16(14-5-9-18(21)10-6-14)12-19(22(13)2)15-3-7-17(20)8-4-15/h3-12H,1-2H3/q+1. The molecule has 1 nitrogen and oxygen atoms in total. The van der Waals surface area contributed by atoms with Crippen molar-refractivity contribution in [3.05, 3.63) is 76.6 Å². The van der Waals surface area contributed by atoms with Crippen LogP contribution < -0.4 is 4.57 Å². The second kappa shape index (κ2) is 6.01. The SMILES string of the molecule is Cc1cc(-c2ccc(F)cc2)cc(-c2ccc(Br)cc2)[n+]1C. The maximum atomic E-state index is 13.1. The minimum atomic E-state index is -0.213. The monoisotopic (exact) mass is 356 g/mol. The maximum absolute atomic E-state index is 13.1. The van der Waals surface area contributed by atoms with Crippen molar-refractivity contribution in [3.8, 4) is 22.4 Å². The van der Waals surface area contributed by atoms with Gasteiger partial charge in [-0.15, -0.1) is 0 Å². The van der Waals surface area contributed by atoms with Crippen LogP contribution in [0, 0.1) is 12.7 Å². The third kappa shape index (κ3) is 2.95. The number of pyridine rings is 1. The quantitative estimate of drug-likeness (QED) is 0.565. The summed E-state index contributed by atoms with van der Waals surface area (Å²) in [5.74, 6) is -0.213. The number of hydrogen-bond donors (Lipinski definition) is 0. The van der Waals surface area contributed by atoms with Gasteiger partial charge in [0.1, 0.15) is 12.9 Å². The van der Waals surface area contributed by atoms with E-state index < -0.39 is 0 Å². The Bertz CT molecular complexity index is 808. The molecule has 0 saturated carbocycles. The second-order valence-corrected chi connectivity index (χ2v) is 6.26. The van der Waals surface area contributed by atoms with Crippen LogP contribution in [-0.4, -0.2) is 0 Å². The fourth-order valence-electron chi connectivity index (χ4n) is 2.50. The topological polar surface area (TPSA) is 3.88 Å². The summed E-state index contributed by atoms with van der Waals surface area (Å²) in [7, 11) is 2.06. The third-order valence-corrected chi connectivity index (χ3v) is 4.39. The molecule has 0 radical (unpaired) electrons. The van der Waals surface area contributed by atoms with Gasteiger partial charge in [-0.05, 0) is 47.5 Å². The lowest BCUT2D eigenvalue weighted by molar-refractivity contribution is -0.666. The number of hydrogen-bond acceptors (Lipinski definition) is 0. The minimum Gasteiger partial charge on any atom is -0.207 e. The van der Waals surface area contributed by atoms with Gasteiger partial charge >= 0.3 is 0 Å². The lowest BCUT2D eigenvalue weighted by Crippen LogP contribution is -2.34. The molecule has 3 aromatic rings. The van der Waals surface area contributed by atoms with E-state index in [9.17, 15) is 4.39 Å². The van der Waals surface area contributed by atoms with E-state index in [1.165, 1.54) is 12.1 Å². The Balaban J connectivity index is 2.14. The van der Waals surface area contributed by atoms with Crippen molar-refractivity contribution < 1.29 is 8.96 Å². The largest absolute Gasteiger partial charge is 0.213 e. The molecule has 1 heterocycles. The van der Waals surface area contributed by atoms with Crippen LogP contribution in [0.2, 0.25) is 0 Å². The summed E-state index contributed by atoms with van der Waals surface area (Å²) in [6.07, 6.45) is 0. The van der Waals surface area contributed by atoms with Gasteiger partial charge < -0.3 is 0 Å². The fourth-order valence-corrected chi connectivity index (χ4v) is 2.77. The van der Waals surface area contributed by atoms with E-state index in [2.05, 4.69) is 58.7 Å². The Hall–Kier alpha value is -2.00. The number of rotatable bonds is 2. The lowest BCUT2D eigenvalue weighted by atomic mass is 10.0. The van der Waals surface area contributed by atoms with Crippen molar-refractivity contribution in [2.24, 2.45) is 7.05 Å². The molecular formula is C19H16BrFN+. The molecule has 0 unspecified atom stereocenters. The summed E-state index contributed by atoms with van der Waals surface area (Å²) in [6.45, 7) is 2.08. The molecule has 22 heavy (non-hydrogen) atoms. The lowest BCUT2D eigenvalue weighted by Gasteiger charge is -2.08. The van der Waals surface area contributed by atoms with E-state index >= 15 is 0 Å². The summed E-state index contributed by atoms with van der Waals surface area (Å²) < 4.78 is 16.3. The number of nitrogens with zero attached hydrogens (tertiary/aromatic N) is 1. The van der Waals surface area contributed by atoms with Crippen LogP contribution in [0.15, 0.2) is 65.1 Å². The normalized spacial score (nSPS) is 10.7. The molecule has 0 saturated heterocycles. The number of aryl methyl sites for hydroxylation is 1. The van der Waals surface area contributed by atoms with Gasteiger partial charge in [-0.1, -0.05) is 28.1 Å². The molecule has 0 spiro atoms. The molecule has 0 bridgehead atoms. The van der Waals surface area contributed by atoms with E-state index in [1.54, 1.807) is 0 Å². The number of benzene rings is 2. The summed E-state index contributed by atoms with van der Waals surface area (Å²) >= 11 is 3.47. The van der Waals surface area contributed by atoms with Gasteiger partial charge in [-0.2, -0.15) is 4.57 Å². The van der Waals surface area contributed by atoms with Crippen molar-refractivity contribution in [2.45, 2.75) is 6.92 Å². The molecule has 0 fully saturated rings. The van der Waals surface area contributed by atoms with Gasteiger partial charge in [-0.25, -0.2) is 4.39 Å². The van der Waals surface area contributed by atoms with Gasteiger partial charge in [0.25, 0.3) is 0 Å². The number of aromatic nitrogens is 1. The highest BCUT2D eigenvalue weighted by atomic mass is 79.9. The van der Waals surface area contributed by atoms with Crippen molar-refractivity contribution in [1.82, 2.24) is 0 Å².